The third-order valence-electron chi connectivity index (χ3n) is 5.87. The largest absolute Gasteiger partial charge is 0.490 e. The molecule has 1 aromatic heterocycles. The van der Waals surface area contributed by atoms with Crippen molar-refractivity contribution in [1.82, 2.24) is 4.31 Å². The molecule has 0 N–H and O–H groups in total. The minimum Gasteiger partial charge on any atom is -0.490 e. The number of para-hydroxylation sites is 1. The molecule has 0 radical (unpaired) electrons. The number of sulfonamides is 1. The summed E-state index contributed by atoms with van der Waals surface area (Å²) in [5, 5.41) is 10.1. The van der Waals surface area contributed by atoms with E-state index in [4.69, 9.17) is 14.4 Å². The van der Waals surface area contributed by atoms with Gasteiger partial charge in [-0.05, 0) is 67.4 Å². The van der Waals surface area contributed by atoms with E-state index in [1.165, 1.54) is 16.4 Å². The van der Waals surface area contributed by atoms with Gasteiger partial charge in [-0.3, -0.25) is 0 Å². The van der Waals surface area contributed by atoms with Crippen LogP contribution in [0.15, 0.2) is 88.2 Å². The number of furan rings is 1. The first-order valence-electron chi connectivity index (χ1n) is 10.8. The van der Waals surface area contributed by atoms with Crippen molar-refractivity contribution in [3.05, 3.63) is 84.4 Å². The maximum atomic E-state index is 12.9. The molecule has 7 heteroatoms. The van der Waals surface area contributed by atoms with Gasteiger partial charge >= 0.3 is 0 Å². The first kappa shape index (κ1) is 21.3. The Balaban J connectivity index is 1.22. The van der Waals surface area contributed by atoms with Gasteiger partial charge in [0.2, 0.25) is 10.0 Å². The van der Waals surface area contributed by atoms with Crippen molar-refractivity contribution in [2.45, 2.75) is 23.8 Å². The van der Waals surface area contributed by atoms with Crippen molar-refractivity contribution in [2.75, 3.05) is 13.1 Å². The van der Waals surface area contributed by atoms with Crippen LogP contribution in [-0.2, 0) is 10.0 Å². The number of nitriles is 1. The monoisotopic (exact) mass is 458 g/mol. The maximum absolute atomic E-state index is 12.9. The Labute approximate surface area is 192 Å². The van der Waals surface area contributed by atoms with Gasteiger partial charge in [-0.15, -0.1) is 0 Å². The standard InChI is InChI=1S/C26H22N2O4S/c27-18-19-4-3-6-24(16-19)33(29,30)28-14-12-23(13-15-28)31-22-10-8-20(9-11-22)26-17-21-5-1-2-7-25(21)32-26/h1-11,16-17,23H,12-15H2. The van der Waals surface area contributed by atoms with E-state index in [0.29, 0.717) is 31.5 Å². The smallest absolute Gasteiger partial charge is 0.243 e. The van der Waals surface area contributed by atoms with E-state index in [0.717, 1.165) is 28.0 Å². The number of piperidine rings is 1. The number of hydrogen-bond donors (Lipinski definition) is 0. The molecule has 1 saturated heterocycles. The van der Waals surface area contributed by atoms with Gasteiger partial charge in [0, 0.05) is 24.0 Å². The van der Waals surface area contributed by atoms with Crippen molar-refractivity contribution in [1.29, 1.82) is 5.26 Å². The van der Waals surface area contributed by atoms with Gasteiger partial charge in [0.1, 0.15) is 23.2 Å². The van der Waals surface area contributed by atoms with Gasteiger partial charge < -0.3 is 9.15 Å². The highest BCUT2D eigenvalue weighted by Crippen LogP contribution is 2.30. The Morgan fingerprint density at radius 1 is 0.939 bits per heavy atom. The average molecular weight is 459 g/mol. The van der Waals surface area contributed by atoms with E-state index in [1.807, 2.05) is 60.7 Å². The van der Waals surface area contributed by atoms with Gasteiger partial charge in [-0.1, -0.05) is 24.3 Å². The normalized spacial score (nSPS) is 15.4. The van der Waals surface area contributed by atoms with E-state index in [-0.39, 0.29) is 11.0 Å². The van der Waals surface area contributed by atoms with Crippen LogP contribution in [0.4, 0.5) is 0 Å². The second-order valence-corrected chi connectivity index (χ2v) is 9.97. The molecule has 1 aliphatic rings. The lowest BCUT2D eigenvalue weighted by Crippen LogP contribution is -2.41. The third-order valence-corrected chi connectivity index (χ3v) is 7.76. The molecular weight excluding hydrogens is 436 g/mol. The highest BCUT2D eigenvalue weighted by atomic mass is 32.2. The fourth-order valence-corrected chi connectivity index (χ4v) is 5.60. The summed E-state index contributed by atoms with van der Waals surface area (Å²) in [6.45, 7) is 0.752. The van der Waals surface area contributed by atoms with Crippen molar-refractivity contribution in [3.8, 4) is 23.1 Å². The maximum Gasteiger partial charge on any atom is 0.243 e. The van der Waals surface area contributed by atoms with Crippen LogP contribution in [0.25, 0.3) is 22.3 Å². The zero-order valence-electron chi connectivity index (χ0n) is 17.8. The fourth-order valence-electron chi connectivity index (χ4n) is 4.08. The summed E-state index contributed by atoms with van der Waals surface area (Å²) in [6.07, 6.45) is 1.14. The summed E-state index contributed by atoms with van der Waals surface area (Å²) in [6, 6.07) is 25.8. The van der Waals surface area contributed by atoms with Crippen LogP contribution >= 0.6 is 0 Å². The summed E-state index contributed by atoms with van der Waals surface area (Å²) >= 11 is 0. The first-order valence-corrected chi connectivity index (χ1v) is 12.2. The topological polar surface area (TPSA) is 83.5 Å². The molecule has 3 aromatic carbocycles. The van der Waals surface area contributed by atoms with Gasteiger partial charge in [-0.25, -0.2) is 8.42 Å². The molecule has 2 heterocycles. The summed E-state index contributed by atoms with van der Waals surface area (Å²) in [5.74, 6) is 1.56. The molecule has 0 aliphatic carbocycles. The molecular formula is C26H22N2O4S. The molecule has 0 bridgehead atoms. The Kier molecular flexibility index (Phi) is 5.63. The van der Waals surface area contributed by atoms with E-state index in [2.05, 4.69) is 0 Å². The van der Waals surface area contributed by atoms with Crippen LogP contribution < -0.4 is 4.74 Å². The van der Waals surface area contributed by atoms with Crippen LogP contribution in [0, 0.1) is 11.3 Å². The van der Waals surface area contributed by atoms with E-state index in [1.54, 1.807) is 12.1 Å². The molecule has 6 nitrogen and oxygen atoms in total. The van der Waals surface area contributed by atoms with Crippen molar-refractivity contribution in [3.63, 3.8) is 0 Å². The molecule has 166 valence electrons. The number of benzene rings is 3. The van der Waals surface area contributed by atoms with Crippen molar-refractivity contribution in [2.24, 2.45) is 0 Å². The van der Waals surface area contributed by atoms with Gasteiger partial charge in [-0.2, -0.15) is 9.57 Å². The SMILES string of the molecule is N#Cc1cccc(S(=O)(=O)N2CCC(Oc3ccc(-c4cc5ccccc5o4)cc3)CC2)c1. The Hall–Kier alpha value is -3.60. The van der Waals surface area contributed by atoms with Crippen LogP contribution in [0.2, 0.25) is 0 Å². The Morgan fingerprint density at radius 2 is 1.70 bits per heavy atom. The zero-order chi connectivity index (χ0) is 22.8. The zero-order valence-corrected chi connectivity index (χ0v) is 18.7. The molecule has 0 amide bonds. The third kappa shape index (κ3) is 4.36. The predicted molar refractivity (Wildman–Crippen MR) is 125 cm³/mol. The van der Waals surface area contributed by atoms with Crippen LogP contribution in [-0.4, -0.2) is 31.9 Å². The van der Waals surface area contributed by atoms with Crippen molar-refractivity contribution >= 4 is 21.0 Å². The molecule has 4 aromatic rings. The van der Waals surface area contributed by atoms with Gasteiger partial charge in [0.15, 0.2) is 0 Å². The molecule has 0 saturated carbocycles. The van der Waals surface area contributed by atoms with Gasteiger partial charge in [0.25, 0.3) is 0 Å². The molecule has 1 fully saturated rings. The molecule has 0 unspecified atom stereocenters. The lowest BCUT2D eigenvalue weighted by Gasteiger charge is -2.31. The van der Waals surface area contributed by atoms with Gasteiger partial charge in [0.05, 0.1) is 16.5 Å². The number of nitrogens with zero attached hydrogens (tertiary/aromatic N) is 2. The number of ether oxygens (including phenoxy) is 1. The first-order chi connectivity index (χ1) is 16.0. The highest BCUT2D eigenvalue weighted by Gasteiger charge is 2.30. The highest BCUT2D eigenvalue weighted by molar-refractivity contribution is 7.89. The van der Waals surface area contributed by atoms with Crippen LogP contribution in [0.3, 0.4) is 0 Å². The van der Waals surface area contributed by atoms with Crippen molar-refractivity contribution < 1.29 is 17.6 Å². The average Bonchev–Trinajstić information content (AvgIpc) is 3.29. The molecule has 0 atom stereocenters. The summed E-state index contributed by atoms with van der Waals surface area (Å²) < 4.78 is 39.3. The Bertz CT molecular complexity index is 1390. The summed E-state index contributed by atoms with van der Waals surface area (Å²) in [5.41, 5.74) is 2.16. The second kappa shape index (κ2) is 8.74. The number of rotatable bonds is 5. The summed E-state index contributed by atoms with van der Waals surface area (Å²) in [4.78, 5) is 0.155. The minimum atomic E-state index is -3.62. The quantitative estimate of drug-likeness (QED) is 0.410. The number of fused-ring (bicyclic) bond motifs is 1. The lowest BCUT2D eigenvalue weighted by atomic mass is 10.1. The van der Waals surface area contributed by atoms with Crippen LogP contribution in [0.5, 0.6) is 5.75 Å². The summed E-state index contributed by atoms with van der Waals surface area (Å²) in [7, 11) is -3.62. The van der Waals surface area contributed by atoms with E-state index >= 15 is 0 Å². The second-order valence-electron chi connectivity index (χ2n) is 8.03. The predicted octanol–water partition coefficient (Wildman–Crippen LogP) is 5.20. The number of hydrogen-bond acceptors (Lipinski definition) is 5. The minimum absolute atomic E-state index is 0.0565. The molecule has 5 rings (SSSR count). The van der Waals surface area contributed by atoms with E-state index in [9.17, 15) is 8.42 Å². The lowest BCUT2D eigenvalue weighted by molar-refractivity contribution is 0.135. The van der Waals surface area contributed by atoms with Crippen LogP contribution in [0.1, 0.15) is 18.4 Å². The van der Waals surface area contributed by atoms with E-state index < -0.39 is 10.0 Å². The Morgan fingerprint density at radius 3 is 2.42 bits per heavy atom. The molecule has 1 aliphatic heterocycles. The fraction of sp³-hybridized carbons (Fsp3) is 0.192. The molecule has 33 heavy (non-hydrogen) atoms. The molecule has 0 spiro atoms.